The van der Waals surface area contributed by atoms with Gasteiger partial charge in [0.1, 0.15) is 18.5 Å². The van der Waals surface area contributed by atoms with Gasteiger partial charge in [-0.25, -0.2) is 13.2 Å². The van der Waals surface area contributed by atoms with Crippen molar-refractivity contribution in [2.75, 3.05) is 39.3 Å². The number of nitrogens with zero attached hydrogens (tertiary/aromatic N) is 1. The van der Waals surface area contributed by atoms with Crippen molar-refractivity contribution in [1.82, 2.24) is 15.5 Å². The van der Waals surface area contributed by atoms with Crippen LogP contribution in [-0.2, 0) is 0 Å². The summed E-state index contributed by atoms with van der Waals surface area (Å²) in [5, 5.41) is 70.8. The smallest absolute Gasteiger partial charge is 0.105 e. The van der Waals surface area contributed by atoms with Crippen molar-refractivity contribution in [3.63, 3.8) is 0 Å². The average molecular weight is 574 g/mol. The minimum atomic E-state index is -1.57. The van der Waals surface area contributed by atoms with Gasteiger partial charge in [0.05, 0.1) is 36.6 Å². The SMILES string of the molecule is CC(O)C(C(C)F)C(O)CN1CCNCCNCC1(CC(O)C(C(C)O)C(C)F)CC(O)C(C(C)O)C(C)F. The normalized spacial score (nSPS) is 29.3. The van der Waals surface area contributed by atoms with Gasteiger partial charge in [-0.2, -0.15) is 0 Å². The van der Waals surface area contributed by atoms with E-state index in [9.17, 15) is 43.8 Å². The lowest BCUT2D eigenvalue weighted by Gasteiger charge is -2.49. The van der Waals surface area contributed by atoms with E-state index < -0.39 is 78.4 Å². The van der Waals surface area contributed by atoms with E-state index >= 15 is 0 Å². The van der Waals surface area contributed by atoms with Crippen molar-refractivity contribution in [2.24, 2.45) is 17.8 Å². The molecule has 234 valence electrons. The number of aliphatic hydroxyl groups excluding tert-OH is 6. The molecular formula is C27H54F3N3O6. The summed E-state index contributed by atoms with van der Waals surface area (Å²) in [6, 6.07) is 0. The summed E-state index contributed by atoms with van der Waals surface area (Å²) >= 11 is 0. The van der Waals surface area contributed by atoms with Crippen LogP contribution in [0.4, 0.5) is 13.2 Å². The summed E-state index contributed by atoms with van der Waals surface area (Å²) in [4.78, 5) is 1.76. The van der Waals surface area contributed by atoms with E-state index in [1.807, 2.05) is 0 Å². The van der Waals surface area contributed by atoms with Crippen molar-refractivity contribution in [3.05, 3.63) is 0 Å². The Morgan fingerprint density at radius 1 is 0.615 bits per heavy atom. The minimum absolute atomic E-state index is 0.125. The molecule has 0 amide bonds. The molecule has 1 saturated heterocycles. The van der Waals surface area contributed by atoms with E-state index in [1.165, 1.54) is 41.5 Å². The molecule has 0 aromatic carbocycles. The molecule has 1 heterocycles. The van der Waals surface area contributed by atoms with Crippen LogP contribution in [0.5, 0.6) is 0 Å². The highest BCUT2D eigenvalue weighted by Gasteiger charge is 2.47. The van der Waals surface area contributed by atoms with E-state index in [0.717, 1.165) is 0 Å². The standard InChI is InChI=1S/C27H54F3N3O6/c1-15(28)24(18(4)34)21(37)11-27(12-22(38)25(16(2)29)19(5)35)14-32-8-7-31-9-10-33(27)13-23(39)26(17(3)30)20(6)36/h15-26,31-32,34-39H,7-14H2,1-6H3. The Hall–Kier alpha value is -0.570. The van der Waals surface area contributed by atoms with Crippen LogP contribution in [0.2, 0.25) is 0 Å². The number of nitrogens with one attached hydrogen (secondary N) is 2. The van der Waals surface area contributed by atoms with Crippen LogP contribution >= 0.6 is 0 Å². The summed E-state index contributed by atoms with van der Waals surface area (Å²) in [5.41, 5.74) is -1.24. The Labute approximate surface area is 231 Å². The predicted octanol–water partition coefficient (Wildman–Crippen LogP) is 0.148. The first-order valence-corrected chi connectivity index (χ1v) is 14.2. The zero-order valence-electron chi connectivity index (χ0n) is 24.3. The Morgan fingerprint density at radius 2 is 1.00 bits per heavy atom. The summed E-state index contributed by atoms with van der Waals surface area (Å²) in [6.07, 6.45) is -12.7. The van der Waals surface area contributed by atoms with Gasteiger partial charge in [-0.15, -0.1) is 0 Å². The first kappa shape index (κ1) is 36.5. The molecule has 1 aliphatic rings. The van der Waals surface area contributed by atoms with Crippen molar-refractivity contribution in [3.8, 4) is 0 Å². The lowest BCUT2D eigenvalue weighted by molar-refractivity contribution is -0.0967. The van der Waals surface area contributed by atoms with Gasteiger partial charge in [-0.1, -0.05) is 0 Å². The molecule has 0 aromatic heterocycles. The molecule has 39 heavy (non-hydrogen) atoms. The fourth-order valence-corrected chi connectivity index (χ4v) is 6.39. The van der Waals surface area contributed by atoms with E-state index in [0.29, 0.717) is 19.6 Å². The minimum Gasteiger partial charge on any atom is -0.393 e. The fraction of sp³-hybridized carbons (Fsp3) is 1.00. The number of aliphatic hydroxyl groups is 6. The van der Waals surface area contributed by atoms with Gasteiger partial charge in [0, 0.05) is 62.6 Å². The number of rotatable bonds is 15. The molecular weight excluding hydrogens is 519 g/mol. The van der Waals surface area contributed by atoms with Gasteiger partial charge < -0.3 is 41.3 Å². The van der Waals surface area contributed by atoms with E-state index in [-0.39, 0.29) is 32.5 Å². The van der Waals surface area contributed by atoms with Crippen molar-refractivity contribution >= 4 is 0 Å². The second kappa shape index (κ2) is 16.8. The van der Waals surface area contributed by atoms with Gasteiger partial charge in [-0.3, -0.25) is 4.90 Å². The molecule has 12 atom stereocenters. The van der Waals surface area contributed by atoms with Gasteiger partial charge in [0.15, 0.2) is 0 Å². The molecule has 12 heteroatoms. The molecule has 0 spiro atoms. The highest BCUT2D eigenvalue weighted by molar-refractivity contribution is 5.02. The molecule has 1 rings (SSSR count). The highest BCUT2D eigenvalue weighted by atomic mass is 19.1. The zero-order valence-corrected chi connectivity index (χ0v) is 24.3. The predicted molar refractivity (Wildman–Crippen MR) is 145 cm³/mol. The number of hydrogen-bond acceptors (Lipinski definition) is 9. The molecule has 0 radical (unpaired) electrons. The quantitative estimate of drug-likeness (QED) is 0.137. The average Bonchev–Trinajstić information content (AvgIpc) is 2.83. The zero-order chi connectivity index (χ0) is 30.1. The molecule has 0 saturated carbocycles. The van der Waals surface area contributed by atoms with Crippen molar-refractivity contribution in [1.29, 1.82) is 0 Å². The maximum absolute atomic E-state index is 14.5. The fourth-order valence-electron chi connectivity index (χ4n) is 6.39. The van der Waals surface area contributed by atoms with E-state index in [1.54, 1.807) is 4.90 Å². The summed E-state index contributed by atoms with van der Waals surface area (Å²) < 4.78 is 43.5. The summed E-state index contributed by atoms with van der Waals surface area (Å²) in [5.74, 6) is -3.46. The maximum atomic E-state index is 14.5. The first-order chi connectivity index (χ1) is 18.1. The first-order valence-electron chi connectivity index (χ1n) is 14.2. The third-order valence-electron chi connectivity index (χ3n) is 8.34. The Bertz CT molecular complexity index is 623. The van der Waals surface area contributed by atoms with Crippen LogP contribution in [0.15, 0.2) is 0 Å². The van der Waals surface area contributed by atoms with E-state index in [4.69, 9.17) is 0 Å². The number of alkyl halides is 3. The van der Waals surface area contributed by atoms with E-state index in [2.05, 4.69) is 10.6 Å². The van der Waals surface area contributed by atoms with Crippen LogP contribution < -0.4 is 10.6 Å². The highest BCUT2D eigenvalue weighted by Crippen LogP contribution is 2.35. The summed E-state index contributed by atoms with van der Waals surface area (Å²) in [7, 11) is 0. The van der Waals surface area contributed by atoms with Gasteiger partial charge in [0.2, 0.25) is 0 Å². The van der Waals surface area contributed by atoms with Crippen LogP contribution in [0.1, 0.15) is 54.4 Å². The molecule has 0 bridgehead atoms. The Balaban J connectivity index is 3.65. The molecule has 8 N–H and O–H groups in total. The monoisotopic (exact) mass is 573 g/mol. The van der Waals surface area contributed by atoms with Crippen molar-refractivity contribution < 1.29 is 43.8 Å². The molecule has 9 nitrogen and oxygen atoms in total. The van der Waals surface area contributed by atoms with Crippen LogP contribution in [-0.4, -0.2) is 135 Å². The maximum Gasteiger partial charge on any atom is 0.105 e. The topological polar surface area (TPSA) is 149 Å². The molecule has 12 unspecified atom stereocenters. The molecule has 1 aliphatic heterocycles. The van der Waals surface area contributed by atoms with Crippen LogP contribution in [0, 0.1) is 17.8 Å². The number of halogens is 3. The van der Waals surface area contributed by atoms with Crippen molar-refractivity contribution in [2.45, 2.75) is 115 Å². The van der Waals surface area contributed by atoms with Gasteiger partial charge in [-0.05, 0) is 54.4 Å². The Kier molecular flexibility index (Phi) is 15.7. The third-order valence-corrected chi connectivity index (χ3v) is 8.34. The molecule has 0 aromatic rings. The number of hydrogen-bond donors (Lipinski definition) is 8. The Morgan fingerprint density at radius 3 is 1.38 bits per heavy atom. The molecule has 1 fully saturated rings. The van der Waals surface area contributed by atoms with Gasteiger partial charge in [0.25, 0.3) is 0 Å². The lowest BCUT2D eigenvalue weighted by atomic mass is 9.75. The van der Waals surface area contributed by atoms with Crippen LogP contribution in [0.3, 0.4) is 0 Å². The van der Waals surface area contributed by atoms with Gasteiger partial charge >= 0.3 is 0 Å². The second-order valence-electron chi connectivity index (χ2n) is 11.7. The number of β-amino-alcohol motifs (C(OH)–C–C–N with tert-alkyl or cyclic N) is 1. The second-order valence-corrected chi connectivity index (χ2v) is 11.7. The largest absolute Gasteiger partial charge is 0.393 e. The lowest BCUT2D eigenvalue weighted by Crippen LogP contribution is -2.62. The molecule has 0 aliphatic carbocycles. The van der Waals surface area contributed by atoms with Crippen LogP contribution in [0.25, 0.3) is 0 Å². The summed E-state index contributed by atoms with van der Waals surface area (Å²) in [6.45, 7) is 9.59. The third kappa shape index (κ3) is 10.6.